The van der Waals surface area contributed by atoms with Crippen LogP contribution in [0.2, 0.25) is 0 Å². The van der Waals surface area contributed by atoms with Crippen LogP contribution in [0.5, 0.6) is 0 Å². The first kappa shape index (κ1) is 21.3. The molecule has 0 amide bonds. The fraction of sp³-hybridized carbons (Fsp3) is 1.00. The maximum Gasteiger partial charge on any atom is 0.481 e. The monoisotopic (exact) mass is 374 g/mol. The van der Waals surface area contributed by atoms with Gasteiger partial charge in [0, 0.05) is 0 Å². The molecule has 0 aromatic rings. The highest BCUT2D eigenvalue weighted by Gasteiger charge is 2.33. The summed E-state index contributed by atoms with van der Waals surface area (Å²) in [5.41, 5.74) is 0. The van der Waals surface area contributed by atoms with Crippen LogP contribution in [0.3, 0.4) is 0 Å². The van der Waals surface area contributed by atoms with Crippen molar-refractivity contribution in [3.8, 4) is 0 Å². The van der Waals surface area contributed by atoms with Crippen molar-refractivity contribution < 1.29 is 37.4 Å². The first-order valence-electron chi connectivity index (χ1n) is 8.08. The number of epoxide rings is 1. The van der Waals surface area contributed by atoms with Gasteiger partial charge in [-0.15, -0.1) is 0 Å². The van der Waals surface area contributed by atoms with Crippen molar-refractivity contribution in [2.24, 2.45) is 0 Å². The fourth-order valence-electron chi connectivity index (χ4n) is 2.36. The Morgan fingerprint density at radius 3 is 2.09 bits per heavy atom. The molecule has 3 atom stereocenters. The highest BCUT2D eigenvalue weighted by molar-refractivity contribution is 7.60. The van der Waals surface area contributed by atoms with Crippen LogP contribution in [0.25, 0.3) is 0 Å². The maximum atomic E-state index is 11.3. The van der Waals surface area contributed by atoms with Gasteiger partial charge >= 0.3 is 15.6 Å². The average molecular weight is 374 g/mol. The molecule has 0 aliphatic carbocycles. The average Bonchev–Trinajstić information content (AvgIpc) is 3.17. The van der Waals surface area contributed by atoms with Gasteiger partial charge in [-0.1, -0.05) is 44.9 Å². The normalized spacial score (nSPS) is 21.8. The van der Waals surface area contributed by atoms with Gasteiger partial charge < -0.3 is 19.4 Å². The van der Waals surface area contributed by atoms with Gasteiger partial charge in [-0.25, -0.2) is 9.13 Å². The highest BCUT2D eigenvalue weighted by Crippen LogP contribution is 2.58. The molecule has 1 aliphatic heterocycles. The standard InChI is InChI=1S/C13H28O8P2/c1-12(20-23(17,18)21-22(14,15)16)9-7-5-3-2-4-6-8-10-13-11-19-13/h12-13H,2-11H2,1H3,(H,17,18)(H2,14,15,16). The zero-order valence-electron chi connectivity index (χ0n) is 13.5. The molecule has 138 valence electrons. The minimum Gasteiger partial charge on any atom is -0.373 e. The predicted molar refractivity (Wildman–Crippen MR) is 84.8 cm³/mol. The Bertz CT molecular complexity index is 420. The van der Waals surface area contributed by atoms with Crippen molar-refractivity contribution in [1.29, 1.82) is 0 Å². The Balaban J connectivity index is 1.95. The van der Waals surface area contributed by atoms with E-state index in [1.165, 1.54) is 32.1 Å². The Kier molecular flexibility index (Phi) is 9.49. The zero-order chi connectivity index (χ0) is 17.3. The van der Waals surface area contributed by atoms with Gasteiger partial charge in [0.05, 0.1) is 18.8 Å². The van der Waals surface area contributed by atoms with E-state index in [1.807, 2.05) is 0 Å². The number of ether oxygens (including phenoxy) is 1. The predicted octanol–water partition coefficient (Wildman–Crippen LogP) is 3.51. The molecule has 1 fully saturated rings. The SMILES string of the molecule is CC(CCCCCCCCCC1CO1)OP(=O)(O)OP(=O)(O)O. The number of hydrogen-bond donors (Lipinski definition) is 3. The third-order valence-electron chi connectivity index (χ3n) is 3.56. The lowest BCUT2D eigenvalue weighted by atomic mass is 10.1. The summed E-state index contributed by atoms with van der Waals surface area (Å²) in [7, 11) is -9.76. The van der Waals surface area contributed by atoms with Crippen molar-refractivity contribution in [2.45, 2.75) is 76.9 Å². The number of hydrogen-bond acceptors (Lipinski definition) is 5. The van der Waals surface area contributed by atoms with Gasteiger partial charge in [0.15, 0.2) is 0 Å². The zero-order valence-corrected chi connectivity index (χ0v) is 15.3. The van der Waals surface area contributed by atoms with Crippen molar-refractivity contribution in [3.05, 3.63) is 0 Å². The van der Waals surface area contributed by atoms with E-state index >= 15 is 0 Å². The molecule has 0 saturated carbocycles. The molecule has 1 saturated heterocycles. The molecule has 3 N–H and O–H groups in total. The van der Waals surface area contributed by atoms with Gasteiger partial charge in [0.1, 0.15) is 0 Å². The summed E-state index contributed by atoms with van der Waals surface area (Å²) in [6.07, 6.45) is 9.38. The molecule has 8 nitrogen and oxygen atoms in total. The van der Waals surface area contributed by atoms with Gasteiger partial charge in [0.2, 0.25) is 0 Å². The van der Waals surface area contributed by atoms with Crippen LogP contribution in [0.4, 0.5) is 0 Å². The number of rotatable bonds is 14. The van der Waals surface area contributed by atoms with Crippen molar-refractivity contribution in [2.75, 3.05) is 6.61 Å². The van der Waals surface area contributed by atoms with Gasteiger partial charge in [0.25, 0.3) is 0 Å². The second-order valence-electron chi connectivity index (χ2n) is 5.96. The third kappa shape index (κ3) is 13.2. The Morgan fingerprint density at radius 1 is 1.04 bits per heavy atom. The highest BCUT2D eigenvalue weighted by atomic mass is 31.3. The molecule has 0 aromatic heterocycles. The van der Waals surface area contributed by atoms with E-state index in [-0.39, 0.29) is 0 Å². The van der Waals surface area contributed by atoms with E-state index in [9.17, 15) is 14.0 Å². The quantitative estimate of drug-likeness (QED) is 0.240. The molecule has 3 unspecified atom stereocenters. The van der Waals surface area contributed by atoms with E-state index in [1.54, 1.807) is 6.92 Å². The summed E-state index contributed by atoms with van der Waals surface area (Å²) in [6.45, 7) is 2.51. The first-order chi connectivity index (χ1) is 10.7. The number of phosphoric ester groups is 1. The van der Waals surface area contributed by atoms with Crippen LogP contribution in [0, 0.1) is 0 Å². The minimum atomic E-state index is -5.04. The third-order valence-corrected chi connectivity index (χ3v) is 5.86. The lowest BCUT2D eigenvalue weighted by Crippen LogP contribution is -2.07. The molecule has 1 rings (SSSR count). The van der Waals surface area contributed by atoms with Crippen LogP contribution in [-0.4, -0.2) is 33.5 Å². The number of phosphoric acid groups is 2. The maximum absolute atomic E-state index is 11.3. The molecule has 10 heteroatoms. The topological polar surface area (TPSA) is 126 Å². The molecule has 1 aliphatic rings. The van der Waals surface area contributed by atoms with Crippen LogP contribution in [-0.2, 0) is 22.7 Å². The summed E-state index contributed by atoms with van der Waals surface area (Å²) in [4.78, 5) is 26.2. The van der Waals surface area contributed by atoms with E-state index in [0.717, 1.165) is 25.9 Å². The smallest absolute Gasteiger partial charge is 0.373 e. The van der Waals surface area contributed by atoms with Crippen LogP contribution < -0.4 is 0 Å². The molecular formula is C13H28O8P2. The molecule has 0 spiro atoms. The van der Waals surface area contributed by atoms with Crippen LogP contribution in [0.15, 0.2) is 0 Å². The largest absolute Gasteiger partial charge is 0.481 e. The molecular weight excluding hydrogens is 346 g/mol. The fourth-order valence-corrected chi connectivity index (χ4v) is 4.15. The van der Waals surface area contributed by atoms with Crippen molar-refractivity contribution >= 4 is 15.6 Å². The summed E-state index contributed by atoms with van der Waals surface area (Å²) < 4.78 is 35.4. The van der Waals surface area contributed by atoms with E-state index in [2.05, 4.69) is 8.83 Å². The van der Waals surface area contributed by atoms with Crippen LogP contribution in [0.1, 0.15) is 64.7 Å². The second kappa shape index (κ2) is 10.3. The second-order valence-corrected chi connectivity index (χ2v) is 8.75. The molecule has 0 bridgehead atoms. The lowest BCUT2D eigenvalue weighted by Gasteiger charge is -2.17. The Labute approximate surface area is 137 Å². The van der Waals surface area contributed by atoms with Gasteiger partial charge in [-0.3, -0.25) is 4.52 Å². The number of unbranched alkanes of at least 4 members (excludes halogenated alkanes) is 6. The van der Waals surface area contributed by atoms with Gasteiger partial charge in [-0.05, 0) is 19.8 Å². The molecule has 0 aromatic carbocycles. The molecule has 23 heavy (non-hydrogen) atoms. The van der Waals surface area contributed by atoms with Gasteiger partial charge in [-0.2, -0.15) is 4.31 Å². The molecule has 1 heterocycles. The summed E-state index contributed by atoms with van der Waals surface area (Å²) in [5.74, 6) is 0. The summed E-state index contributed by atoms with van der Waals surface area (Å²) in [6, 6.07) is 0. The summed E-state index contributed by atoms with van der Waals surface area (Å²) >= 11 is 0. The Hall–Kier alpha value is 0.220. The van der Waals surface area contributed by atoms with Crippen LogP contribution >= 0.6 is 15.6 Å². The van der Waals surface area contributed by atoms with E-state index in [0.29, 0.717) is 12.5 Å². The van der Waals surface area contributed by atoms with E-state index in [4.69, 9.17) is 14.5 Å². The lowest BCUT2D eigenvalue weighted by molar-refractivity contribution is 0.130. The molecule has 0 radical (unpaired) electrons. The van der Waals surface area contributed by atoms with E-state index < -0.39 is 21.7 Å². The first-order valence-corrected chi connectivity index (χ1v) is 11.1. The summed E-state index contributed by atoms with van der Waals surface area (Å²) in [5, 5.41) is 0. The van der Waals surface area contributed by atoms with Crippen molar-refractivity contribution in [1.82, 2.24) is 0 Å². The Morgan fingerprint density at radius 2 is 1.57 bits per heavy atom. The minimum absolute atomic E-state index is 0.522. The van der Waals surface area contributed by atoms with Crippen molar-refractivity contribution in [3.63, 3.8) is 0 Å².